The van der Waals surface area contributed by atoms with Crippen LogP contribution in [0.3, 0.4) is 0 Å². The fourth-order valence-electron chi connectivity index (χ4n) is 1.29. The van der Waals surface area contributed by atoms with Gasteiger partial charge in [-0.05, 0) is 31.0 Å². The molecule has 0 unspecified atom stereocenters. The van der Waals surface area contributed by atoms with Crippen molar-refractivity contribution in [1.82, 2.24) is 5.01 Å². The summed E-state index contributed by atoms with van der Waals surface area (Å²) >= 11 is 0. The Morgan fingerprint density at radius 1 is 1.44 bits per heavy atom. The number of nitrogens with zero attached hydrogens (tertiary/aromatic N) is 1. The summed E-state index contributed by atoms with van der Waals surface area (Å²) in [5.41, 5.74) is 2.21. The Labute approximate surface area is 96.0 Å². The lowest BCUT2D eigenvalue weighted by Crippen LogP contribution is -2.33. The zero-order valence-corrected chi connectivity index (χ0v) is 9.99. The molecule has 16 heavy (non-hydrogen) atoms. The van der Waals surface area contributed by atoms with E-state index in [2.05, 4.69) is 0 Å². The third-order valence-electron chi connectivity index (χ3n) is 2.31. The molecule has 0 aliphatic carbocycles. The van der Waals surface area contributed by atoms with Crippen molar-refractivity contribution in [2.24, 2.45) is 5.84 Å². The molecule has 0 aliphatic rings. The van der Waals surface area contributed by atoms with Gasteiger partial charge in [-0.1, -0.05) is 12.1 Å². The molecule has 0 saturated carbocycles. The molecule has 88 valence electrons. The first-order valence-electron chi connectivity index (χ1n) is 5.22. The molecule has 2 N–H and O–H groups in total. The maximum absolute atomic E-state index is 11.2. The summed E-state index contributed by atoms with van der Waals surface area (Å²) in [6, 6.07) is 5.99. The first-order chi connectivity index (χ1) is 7.50. The van der Waals surface area contributed by atoms with Crippen LogP contribution in [0, 0.1) is 13.8 Å². The topological polar surface area (TPSA) is 55.6 Å². The fraction of sp³-hybridized carbons (Fsp3) is 0.417. The monoisotopic (exact) mass is 222 g/mol. The van der Waals surface area contributed by atoms with Crippen molar-refractivity contribution >= 4 is 5.91 Å². The van der Waals surface area contributed by atoms with E-state index in [1.807, 2.05) is 32.0 Å². The van der Waals surface area contributed by atoms with Crippen LogP contribution in [-0.2, 0) is 4.79 Å². The number of rotatable bonds is 4. The molecule has 1 aromatic rings. The Balaban J connectivity index is 2.49. The highest BCUT2D eigenvalue weighted by atomic mass is 16.5. The summed E-state index contributed by atoms with van der Waals surface area (Å²) in [4.78, 5) is 11.2. The van der Waals surface area contributed by atoms with Crippen LogP contribution >= 0.6 is 0 Å². The number of hydrogen-bond donors (Lipinski definition) is 1. The van der Waals surface area contributed by atoms with Gasteiger partial charge in [-0.15, -0.1) is 0 Å². The van der Waals surface area contributed by atoms with Crippen molar-refractivity contribution < 1.29 is 9.53 Å². The van der Waals surface area contributed by atoms with Crippen LogP contribution in [-0.4, -0.2) is 24.6 Å². The zero-order chi connectivity index (χ0) is 12.1. The van der Waals surface area contributed by atoms with E-state index in [9.17, 15) is 4.79 Å². The summed E-state index contributed by atoms with van der Waals surface area (Å²) < 4.78 is 5.54. The summed E-state index contributed by atoms with van der Waals surface area (Å²) in [6.07, 6.45) is 0.292. The molecule has 1 rings (SSSR count). The van der Waals surface area contributed by atoms with Gasteiger partial charge in [-0.2, -0.15) is 0 Å². The molecule has 0 radical (unpaired) electrons. The van der Waals surface area contributed by atoms with Gasteiger partial charge in [0, 0.05) is 7.05 Å². The van der Waals surface area contributed by atoms with E-state index < -0.39 is 0 Å². The Bertz CT molecular complexity index is 375. The Kier molecular flexibility index (Phi) is 4.31. The molecular formula is C12H18N2O2. The summed E-state index contributed by atoms with van der Waals surface area (Å²) in [7, 11) is 1.53. The average molecular weight is 222 g/mol. The van der Waals surface area contributed by atoms with Crippen molar-refractivity contribution in [3.63, 3.8) is 0 Å². The number of benzene rings is 1. The van der Waals surface area contributed by atoms with Crippen molar-refractivity contribution in [3.8, 4) is 5.75 Å². The summed E-state index contributed by atoms with van der Waals surface area (Å²) in [6.45, 7) is 4.33. The van der Waals surface area contributed by atoms with Gasteiger partial charge < -0.3 is 4.74 Å². The third kappa shape index (κ3) is 3.55. The number of aryl methyl sites for hydroxylation is 2. The largest absolute Gasteiger partial charge is 0.493 e. The quantitative estimate of drug-likeness (QED) is 0.476. The summed E-state index contributed by atoms with van der Waals surface area (Å²) in [5, 5.41) is 1.08. The fourth-order valence-corrected chi connectivity index (χ4v) is 1.29. The zero-order valence-electron chi connectivity index (χ0n) is 9.99. The van der Waals surface area contributed by atoms with Gasteiger partial charge >= 0.3 is 0 Å². The smallest absolute Gasteiger partial charge is 0.239 e. The van der Waals surface area contributed by atoms with Gasteiger partial charge in [0.2, 0.25) is 5.91 Å². The first-order valence-corrected chi connectivity index (χ1v) is 5.22. The molecule has 4 heteroatoms. The number of hydrazine groups is 1. The lowest BCUT2D eigenvalue weighted by molar-refractivity contribution is -0.130. The standard InChI is InChI=1S/C12H18N2O2/c1-9-4-5-10(2)11(8-9)16-7-6-12(15)14(3)13/h4-5,8H,6-7,13H2,1-3H3. The second-order valence-corrected chi connectivity index (χ2v) is 3.87. The van der Waals surface area contributed by atoms with Crippen LogP contribution in [0.1, 0.15) is 17.5 Å². The van der Waals surface area contributed by atoms with Gasteiger partial charge in [0.05, 0.1) is 13.0 Å². The van der Waals surface area contributed by atoms with Gasteiger partial charge in [0.25, 0.3) is 0 Å². The van der Waals surface area contributed by atoms with E-state index in [0.717, 1.165) is 21.9 Å². The van der Waals surface area contributed by atoms with Crippen molar-refractivity contribution in [2.75, 3.05) is 13.7 Å². The molecule has 0 atom stereocenters. The molecule has 0 heterocycles. The molecule has 0 bridgehead atoms. The van der Waals surface area contributed by atoms with Gasteiger partial charge in [-0.3, -0.25) is 9.80 Å². The number of nitrogens with two attached hydrogens (primary N) is 1. The highest BCUT2D eigenvalue weighted by molar-refractivity contribution is 5.75. The minimum atomic E-state index is -0.134. The van der Waals surface area contributed by atoms with Crippen molar-refractivity contribution in [3.05, 3.63) is 29.3 Å². The van der Waals surface area contributed by atoms with E-state index in [-0.39, 0.29) is 5.91 Å². The van der Waals surface area contributed by atoms with Crippen LogP contribution in [0.15, 0.2) is 18.2 Å². The second kappa shape index (κ2) is 5.51. The molecule has 1 amide bonds. The van der Waals surface area contributed by atoms with E-state index in [1.54, 1.807) is 0 Å². The van der Waals surface area contributed by atoms with E-state index in [1.165, 1.54) is 7.05 Å². The Hall–Kier alpha value is -1.55. The number of amides is 1. The normalized spacial score (nSPS) is 10.0. The molecule has 0 aromatic heterocycles. The maximum atomic E-state index is 11.2. The lowest BCUT2D eigenvalue weighted by Gasteiger charge is -2.12. The molecule has 0 spiro atoms. The average Bonchev–Trinajstić information content (AvgIpc) is 2.22. The van der Waals surface area contributed by atoms with Gasteiger partial charge in [0.15, 0.2) is 0 Å². The van der Waals surface area contributed by atoms with Crippen molar-refractivity contribution in [2.45, 2.75) is 20.3 Å². The van der Waals surface area contributed by atoms with Gasteiger partial charge in [0.1, 0.15) is 5.75 Å². The van der Waals surface area contributed by atoms with Crippen LogP contribution < -0.4 is 10.6 Å². The van der Waals surface area contributed by atoms with Crippen LogP contribution in [0.4, 0.5) is 0 Å². The van der Waals surface area contributed by atoms with Crippen LogP contribution in [0.2, 0.25) is 0 Å². The van der Waals surface area contributed by atoms with Gasteiger partial charge in [-0.25, -0.2) is 5.84 Å². The predicted molar refractivity (Wildman–Crippen MR) is 63.0 cm³/mol. The molecule has 0 fully saturated rings. The maximum Gasteiger partial charge on any atom is 0.239 e. The van der Waals surface area contributed by atoms with Crippen molar-refractivity contribution in [1.29, 1.82) is 0 Å². The van der Waals surface area contributed by atoms with E-state index >= 15 is 0 Å². The Morgan fingerprint density at radius 3 is 2.75 bits per heavy atom. The molecular weight excluding hydrogens is 204 g/mol. The Morgan fingerprint density at radius 2 is 2.12 bits per heavy atom. The highest BCUT2D eigenvalue weighted by Crippen LogP contribution is 2.19. The minimum Gasteiger partial charge on any atom is -0.493 e. The summed E-state index contributed by atoms with van der Waals surface area (Å²) in [5.74, 6) is 5.99. The minimum absolute atomic E-state index is 0.134. The molecule has 0 aliphatic heterocycles. The number of ether oxygens (including phenoxy) is 1. The first kappa shape index (κ1) is 12.5. The predicted octanol–water partition coefficient (Wildman–Crippen LogP) is 1.40. The highest BCUT2D eigenvalue weighted by Gasteiger charge is 2.05. The molecule has 0 saturated heterocycles. The number of hydrogen-bond acceptors (Lipinski definition) is 3. The second-order valence-electron chi connectivity index (χ2n) is 3.87. The number of carbonyl (C=O) groups is 1. The van der Waals surface area contributed by atoms with E-state index in [0.29, 0.717) is 13.0 Å². The SMILES string of the molecule is Cc1ccc(C)c(OCCC(=O)N(C)N)c1. The van der Waals surface area contributed by atoms with E-state index in [4.69, 9.17) is 10.6 Å². The van der Waals surface area contributed by atoms with Crippen LogP contribution in [0.25, 0.3) is 0 Å². The molecule has 1 aromatic carbocycles. The lowest BCUT2D eigenvalue weighted by atomic mass is 10.1. The number of carbonyl (C=O) groups excluding carboxylic acids is 1. The van der Waals surface area contributed by atoms with Crippen LogP contribution in [0.5, 0.6) is 5.75 Å². The third-order valence-corrected chi connectivity index (χ3v) is 2.31. The molecule has 4 nitrogen and oxygen atoms in total.